The molecule has 0 radical (unpaired) electrons. The van der Waals surface area contributed by atoms with Crippen LogP contribution in [-0.4, -0.2) is 50.1 Å². The second-order valence-electron chi connectivity index (χ2n) is 7.02. The number of benzene rings is 2. The van der Waals surface area contributed by atoms with Gasteiger partial charge < -0.3 is 24.6 Å². The summed E-state index contributed by atoms with van der Waals surface area (Å²) in [6.07, 6.45) is 1.50. The van der Waals surface area contributed by atoms with Gasteiger partial charge in [0.2, 0.25) is 0 Å². The third-order valence-corrected chi connectivity index (χ3v) is 5.04. The molecule has 30 heavy (non-hydrogen) atoms. The Hall–Kier alpha value is -3.55. The first-order valence-corrected chi connectivity index (χ1v) is 9.27. The van der Waals surface area contributed by atoms with Crippen LogP contribution in [0.3, 0.4) is 0 Å². The van der Waals surface area contributed by atoms with E-state index in [1.54, 1.807) is 45.5 Å². The maximum atomic E-state index is 13.4. The fourth-order valence-corrected chi connectivity index (χ4v) is 3.44. The van der Waals surface area contributed by atoms with Crippen molar-refractivity contribution in [3.8, 4) is 11.5 Å². The topological polar surface area (TPSA) is 71.1 Å². The van der Waals surface area contributed by atoms with Crippen molar-refractivity contribution in [2.24, 2.45) is 0 Å². The van der Waals surface area contributed by atoms with Crippen LogP contribution in [0.5, 0.6) is 11.5 Å². The molecule has 0 spiro atoms. The van der Waals surface area contributed by atoms with Gasteiger partial charge in [0.25, 0.3) is 5.91 Å². The van der Waals surface area contributed by atoms with Gasteiger partial charge in [-0.1, -0.05) is 12.1 Å². The lowest BCUT2D eigenvalue weighted by atomic mass is 9.95. The van der Waals surface area contributed by atoms with Gasteiger partial charge in [-0.15, -0.1) is 0 Å². The van der Waals surface area contributed by atoms with Crippen LogP contribution in [0.25, 0.3) is 0 Å². The highest BCUT2D eigenvalue weighted by atomic mass is 19.1. The number of likely N-dealkylation sites (N-methyl/N-ethyl adjacent to an activating group) is 1. The van der Waals surface area contributed by atoms with Gasteiger partial charge in [0.1, 0.15) is 5.82 Å². The highest BCUT2D eigenvalue weighted by Gasteiger charge is 2.35. The Bertz CT molecular complexity index is 1000. The fraction of sp³-hybridized carbons (Fsp3) is 0.273. The Morgan fingerprint density at radius 2 is 1.67 bits per heavy atom. The zero-order chi connectivity index (χ0) is 22.0. The summed E-state index contributed by atoms with van der Waals surface area (Å²) in [5, 5.41) is 2.89. The molecule has 0 fully saturated rings. The van der Waals surface area contributed by atoms with Crippen LogP contribution < -0.4 is 14.8 Å². The molecule has 0 saturated heterocycles. The van der Waals surface area contributed by atoms with E-state index in [0.29, 0.717) is 28.3 Å². The van der Waals surface area contributed by atoms with E-state index < -0.39 is 11.9 Å². The summed E-state index contributed by atoms with van der Waals surface area (Å²) in [5.74, 6) is 0.261. The molecule has 158 valence electrons. The van der Waals surface area contributed by atoms with Crippen LogP contribution in [0, 0.1) is 12.7 Å². The number of urea groups is 1. The smallest absolute Gasteiger partial charge is 0.324 e. The number of hydrogen-bond donors (Lipinski definition) is 1. The molecule has 0 saturated carbocycles. The van der Waals surface area contributed by atoms with Crippen molar-refractivity contribution in [3.63, 3.8) is 0 Å². The van der Waals surface area contributed by atoms with E-state index in [1.807, 2.05) is 6.92 Å². The monoisotopic (exact) mass is 413 g/mol. The molecule has 3 amide bonds. The molecule has 1 N–H and O–H groups in total. The predicted molar refractivity (Wildman–Crippen MR) is 111 cm³/mol. The van der Waals surface area contributed by atoms with Gasteiger partial charge in [-0.2, -0.15) is 0 Å². The average Bonchev–Trinajstić information content (AvgIpc) is 2.73. The summed E-state index contributed by atoms with van der Waals surface area (Å²) < 4.78 is 24.0. The zero-order valence-corrected chi connectivity index (χ0v) is 17.5. The van der Waals surface area contributed by atoms with E-state index in [4.69, 9.17) is 9.47 Å². The van der Waals surface area contributed by atoms with Crippen LogP contribution in [0.2, 0.25) is 0 Å². The van der Waals surface area contributed by atoms with Crippen molar-refractivity contribution < 1.29 is 23.5 Å². The third-order valence-electron chi connectivity index (χ3n) is 5.04. The SMILES string of the molecule is COc1cc(C)c(NC(=O)C2=CN(C)C(=O)N(C)C2c2ccc(F)cc2)cc1OC. The Balaban J connectivity index is 1.99. The van der Waals surface area contributed by atoms with Gasteiger partial charge in [0.05, 0.1) is 25.8 Å². The number of amides is 3. The lowest BCUT2D eigenvalue weighted by Crippen LogP contribution is -2.45. The normalized spacial score (nSPS) is 16.3. The van der Waals surface area contributed by atoms with Gasteiger partial charge in [-0.25, -0.2) is 9.18 Å². The predicted octanol–water partition coefficient (Wildman–Crippen LogP) is 3.71. The average molecular weight is 413 g/mol. The lowest BCUT2D eigenvalue weighted by molar-refractivity contribution is -0.113. The second-order valence-corrected chi connectivity index (χ2v) is 7.02. The number of nitrogens with zero attached hydrogens (tertiary/aromatic N) is 2. The molecule has 1 unspecified atom stereocenters. The summed E-state index contributed by atoms with van der Waals surface area (Å²) in [4.78, 5) is 28.5. The van der Waals surface area contributed by atoms with Crippen molar-refractivity contribution in [1.29, 1.82) is 0 Å². The van der Waals surface area contributed by atoms with E-state index >= 15 is 0 Å². The Morgan fingerprint density at radius 3 is 2.27 bits per heavy atom. The highest BCUT2D eigenvalue weighted by molar-refractivity contribution is 6.06. The lowest BCUT2D eigenvalue weighted by Gasteiger charge is -2.37. The molecule has 2 aromatic carbocycles. The maximum absolute atomic E-state index is 13.4. The molecule has 1 atom stereocenters. The Labute approximate surface area is 174 Å². The molecular weight excluding hydrogens is 389 g/mol. The third kappa shape index (κ3) is 3.94. The summed E-state index contributed by atoms with van der Waals surface area (Å²) in [7, 11) is 6.24. The Kier molecular flexibility index (Phi) is 5.96. The van der Waals surface area contributed by atoms with Crippen LogP contribution in [0.15, 0.2) is 48.2 Å². The van der Waals surface area contributed by atoms with Gasteiger partial charge in [-0.05, 0) is 36.2 Å². The van der Waals surface area contributed by atoms with E-state index in [2.05, 4.69) is 5.32 Å². The quantitative estimate of drug-likeness (QED) is 0.811. The molecule has 1 aliphatic rings. The van der Waals surface area contributed by atoms with Gasteiger partial charge >= 0.3 is 6.03 Å². The first-order valence-electron chi connectivity index (χ1n) is 9.27. The summed E-state index contributed by atoms with van der Waals surface area (Å²) in [6.45, 7) is 1.84. The van der Waals surface area contributed by atoms with Gasteiger partial charge in [-0.3, -0.25) is 4.79 Å². The largest absolute Gasteiger partial charge is 0.493 e. The first-order chi connectivity index (χ1) is 14.3. The first kappa shape index (κ1) is 21.2. The van der Waals surface area contributed by atoms with Gasteiger partial charge in [0, 0.05) is 32.0 Å². The minimum atomic E-state index is -0.658. The molecule has 1 heterocycles. The van der Waals surface area contributed by atoms with Crippen molar-refractivity contribution >= 4 is 17.6 Å². The second kappa shape index (κ2) is 8.44. The molecule has 0 aromatic heterocycles. The van der Waals surface area contributed by atoms with Gasteiger partial charge in [0.15, 0.2) is 11.5 Å². The summed E-state index contributed by atoms with van der Waals surface area (Å²) >= 11 is 0. The van der Waals surface area contributed by atoms with Crippen molar-refractivity contribution in [2.75, 3.05) is 33.6 Å². The number of rotatable bonds is 5. The number of carbonyl (C=O) groups excluding carboxylic acids is 2. The standard InChI is InChI=1S/C22H24FN3O4/c1-13-10-18(29-4)19(30-5)11-17(13)24-21(27)16-12-25(2)22(28)26(3)20(16)14-6-8-15(23)9-7-14/h6-12,20H,1-5H3,(H,24,27). The van der Waals surface area contributed by atoms with Crippen LogP contribution in [0.4, 0.5) is 14.9 Å². The molecular formula is C22H24FN3O4. The number of halogens is 1. The number of methoxy groups -OCH3 is 2. The molecule has 0 bridgehead atoms. The zero-order valence-electron chi connectivity index (χ0n) is 17.5. The van der Waals surface area contributed by atoms with E-state index in [0.717, 1.165) is 5.56 Å². The molecule has 0 aliphatic carbocycles. The number of carbonyl (C=O) groups is 2. The maximum Gasteiger partial charge on any atom is 0.324 e. The number of nitrogens with one attached hydrogen (secondary N) is 1. The summed E-state index contributed by atoms with van der Waals surface area (Å²) in [5.41, 5.74) is 2.32. The molecule has 2 aromatic rings. The highest BCUT2D eigenvalue weighted by Crippen LogP contribution is 2.36. The van der Waals surface area contributed by atoms with Crippen molar-refractivity contribution in [3.05, 3.63) is 65.1 Å². The fourth-order valence-electron chi connectivity index (χ4n) is 3.44. The summed E-state index contributed by atoms with van der Waals surface area (Å²) in [6, 6.07) is 8.26. The number of hydrogen-bond acceptors (Lipinski definition) is 4. The molecule has 1 aliphatic heterocycles. The number of ether oxygens (including phenoxy) is 2. The Morgan fingerprint density at radius 1 is 1.07 bits per heavy atom. The molecule has 7 nitrogen and oxygen atoms in total. The van der Waals surface area contributed by atoms with Crippen molar-refractivity contribution in [1.82, 2.24) is 9.80 Å². The molecule has 8 heteroatoms. The van der Waals surface area contributed by atoms with E-state index in [9.17, 15) is 14.0 Å². The van der Waals surface area contributed by atoms with Crippen LogP contribution in [0.1, 0.15) is 17.2 Å². The van der Waals surface area contributed by atoms with Crippen LogP contribution in [-0.2, 0) is 4.79 Å². The minimum absolute atomic E-state index is 0.275. The van der Waals surface area contributed by atoms with Crippen molar-refractivity contribution in [2.45, 2.75) is 13.0 Å². The minimum Gasteiger partial charge on any atom is -0.493 e. The molecule has 3 rings (SSSR count). The number of aryl methyl sites for hydroxylation is 1. The van der Waals surface area contributed by atoms with Crippen LogP contribution >= 0.6 is 0 Å². The van der Waals surface area contributed by atoms with E-state index in [-0.39, 0.29) is 11.9 Å². The van der Waals surface area contributed by atoms with E-state index in [1.165, 1.54) is 35.2 Å². The number of anilines is 1.